The molecule has 5 N–H and O–H groups in total. The predicted octanol–water partition coefficient (Wildman–Crippen LogP) is 1.000. The van der Waals surface area contributed by atoms with E-state index >= 15 is 0 Å². The fourth-order valence-corrected chi connectivity index (χ4v) is 2.08. The van der Waals surface area contributed by atoms with Gasteiger partial charge in [0.25, 0.3) is 0 Å². The molecule has 0 aromatic heterocycles. The molecule has 0 spiro atoms. The van der Waals surface area contributed by atoms with Crippen molar-refractivity contribution in [3.05, 3.63) is 53.6 Å². The third kappa shape index (κ3) is 7.46. The average molecular weight is 409 g/mol. The normalized spacial score (nSPS) is 11.1. The van der Waals surface area contributed by atoms with Crippen LogP contribution in [0.4, 0.5) is 0 Å². The molecule has 1 atom stereocenters. The SMILES string of the molecule is O=C(/C=C/c1ccc(O)c(O)c1)OC(Cc1ccc(O)c(O)c1)C(=O)O.[Mg+2].[Mg+2]. The molecule has 0 bridgehead atoms. The minimum atomic E-state index is -1.50. The Morgan fingerprint density at radius 3 is 2.00 bits per heavy atom. The number of carboxylic acid groups (broad SMARTS) is 1. The van der Waals surface area contributed by atoms with E-state index in [1.807, 2.05) is 0 Å². The van der Waals surface area contributed by atoms with Crippen molar-refractivity contribution in [2.75, 3.05) is 0 Å². The van der Waals surface area contributed by atoms with Crippen molar-refractivity contribution in [2.45, 2.75) is 12.5 Å². The second-order valence-electron chi connectivity index (χ2n) is 5.37. The van der Waals surface area contributed by atoms with Gasteiger partial charge in [-0.1, -0.05) is 12.1 Å². The third-order valence-electron chi connectivity index (χ3n) is 3.41. The van der Waals surface area contributed by atoms with E-state index in [0.29, 0.717) is 11.1 Å². The Hall–Kier alpha value is -2.15. The van der Waals surface area contributed by atoms with Crippen LogP contribution in [0.5, 0.6) is 23.0 Å². The van der Waals surface area contributed by atoms with E-state index < -0.39 is 23.8 Å². The van der Waals surface area contributed by atoms with Crippen LogP contribution in [0.15, 0.2) is 42.5 Å². The van der Waals surface area contributed by atoms with Crippen molar-refractivity contribution in [2.24, 2.45) is 0 Å². The zero-order valence-corrected chi connectivity index (χ0v) is 17.6. The summed E-state index contributed by atoms with van der Waals surface area (Å²) in [6, 6.07) is 7.65. The van der Waals surface area contributed by atoms with Gasteiger partial charge in [0.15, 0.2) is 23.0 Å². The molecule has 0 radical (unpaired) electrons. The Morgan fingerprint density at radius 2 is 1.46 bits per heavy atom. The number of esters is 1. The second kappa shape index (κ2) is 11.6. The number of carbonyl (C=O) groups excluding carboxylic acids is 1. The molecule has 0 aliphatic carbocycles. The van der Waals surface area contributed by atoms with Crippen molar-refractivity contribution in [3.63, 3.8) is 0 Å². The van der Waals surface area contributed by atoms with E-state index in [9.17, 15) is 35.1 Å². The molecule has 0 fully saturated rings. The van der Waals surface area contributed by atoms with Crippen LogP contribution in [0.25, 0.3) is 6.08 Å². The smallest absolute Gasteiger partial charge is 0.504 e. The van der Waals surface area contributed by atoms with Crippen LogP contribution in [-0.4, -0.2) is 89.7 Å². The van der Waals surface area contributed by atoms with E-state index in [1.165, 1.54) is 42.5 Å². The Balaban J connectivity index is 0.00000364. The van der Waals surface area contributed by atoms with Gasteiger partial charge in [0.1, 0.15) is 0 Å². The Kier molecular flexibility index (Phi) is 10.7. The summed E-state index contributed by atoms with van der Waals surface area (Å²) < 4.78 is 4.88. The van der Waals surface area contributed by atoms with Gasteiger partial charge in [-0.25, -0.2) is 9.59 Å². The van der Waals surface area contributed by atoms with Crippen LogP contribution in [0, 0.1) is 0 Å². The number of phenolic OH excluding ortho intramolecular Hbond substituents is 4. The van der Waals surface area contributed by atoms with E-state index in [4.69, 9.17) is 4.74 Å². The maximum absolute atomic E-state index is 11.8. The summed E-state index contributed by atoms with van der Waals surface area (Å²) in [5.41, 5.74) is 0.750. The molecule has 8 nitrogen and oxygen atoms in total. The first-order valence-electron chi connectivity index (χ1n) is 7.40. The van der Waals surface area contributed by atoms with E-state index in [0.717, 1.165) is 6.08 Å². The summed E-state index contributed by atoms with van der Waals surface area (Å²) in [5, 5.41) is 46.5. The molecule has 0 heterocycles. The predicted molar refractivity (Wildman–Crippen MR) is 101 cm³/mol. The van der Waals surface area contributed by atoms with Crippen molar-refractivity contribution in [1.82, 2.24) is 0 Å². The monoisotopic (exact) mass is 408 g/mol. The van der Waals surface area contributed by atoms with Gasteiger partial charge in [-0.2, -0.15) is 0 Å². The zero-order valence-electron chi connectivity index (χ0n) is 14.8. The summed E-state index contributed by atoms with van der Waals surface area (Å²) in [6.07, 6.45) is 0.565. The third-order valence-corrected chi connectivity index (χ3v) is 3.41. The van der Waals surface area contributed by atoms with Crippen molar-refractivity contribution in [3.8, 4) is 23.0 Å². The number of carboxylic acids is 1. The van der Waals surface area contributed by atoms with Crippen LogP contribution in [0.3, 0.4) is 0 Å². The molecule has 136 valence electrons. The quantitative estimate of drug-likeness (QED) is 0.206. The summed E-state index contributed by atoms with van der Waals surface area (Å²) in [4.78, 5) is 23.1. The standard InChI is InChI=1S/C18H16O8.2Mg/c19-12-4-1-10(7-14(12)21)3-6-17(23)26-16(18(24)25)9-11-2-5-13(20)15(22)8-11;;/h1-8,16,19-22H,9H2,(H,24,25);;/q;2*+2/b6-3+;;. The van der Waals surface area contributed by atoms with Gasteiger partial charge in [-0.3, -0.25) is 0 Å². The Bertz CT molecular complexity index is 867. The topological polar surface area (TPSA) is 145 Å². The summed E-state index contributed by atoms with van der Waals surface area (Å²) in [6.45, 7) is 0. The van der Waals surface area contributed by atoms with Gasteiger partial charge in [0.2, 0.25) is 6.10 Å². The second-order valence-corrected chi connectivity index (χ2v) is 5.37. The number of aromatic hydroxyl groups is 4. The van der Waals surface area contributed by atoms with Gasteiger partial charge in [-0.05, 0) is 41.5 Å². The maximum atomic E-state index is 11.8. The van der Waals surface area contributed by atoms with Crippen LogP contribution in [0.2, 0.25) is 0 Å². The largest absolute Gasteiger partial charge is 2.00 e. The number of carbonyl (C=O) groups is 2. The number of rotatable bonds is 6. The molecule has 2 aromatic rings. The van der Waals surface area contributed by atoms with Crippen LogP contribution >= 0.6 is 0 Å². The summed E-state index contributed by atoms with van der Waals surface area (Å²) >= 11 is 0. The number of ether oxygens (including phenoxy) is 1. The van der Waals surface area contributed by atoms with Gasteiger partial charge in [0, 0.05) is 12.5 Å². The number of benzene rings is 2. The maximum Gasteiger partial charge on any atom is 2.00 e. The molecule has 0 aliphatic heterocycles. The van der Waals surface area contributed by atoms with Crippen LogP contribution < -0.4 is 0 Å². The molecule has 0 saturated heterocycles. The summed E-state index contributed by atoms with van der Waals surface area (Å²) in [7, 11) is 0. The molecular weight excluding hydrogens is 393 g/mol. The first kappa shape index (κ1) is 25.9. The van der Waals surface area contributed by atoms with Crippen molar-refractivity contribution >= 4 is 64.1 Å². The van der Waals surface area contributed by atoms with Gasteiger partial charge in [0.05, 0.1) is 0 Å². The van der Waals surface area contributed by atoms with E-state index in [-0.39, 0.29) is 69.8 Å². The molecule has 28 heavy (non-hydrogen) atoms. The Morgan fingerprint density at radius 1 is 0.893 bits per heavy atom. The van der Waals surface area contributed by atoms with Crippen molar-refractivity contribution < 1.29 is 39.9 Å². The molecule has 1 unspecified atom stereocenters. The first-order valence-corrected chi connectivity index (χ1v) is 7.40. The molecule has 0 amide bonds. The number of hydrogen-bond acceptors (Lipinski definition) is 7. The number of aliphatic carboxylic acids is 1. The van der Waals surface area contributed by atoms with Gasteiger partial charge >= 0.3 is 58.0 Å². The molecule has 2 rings (SSSR count). The molecule has 2 aromatic carbocycles. The van der Waals surface area contributed by atoms with Crippen LogP contribution in [-0.2, 0) is 20.7 Å². The van der Waals surface area contributed by atoms with E-state index in [2.05, 4.69) is 0 Å². The molecule has 0 aliphatic rings. The molecule has 10 heteroatoms. The fourth-order valence-electron chi connectivity index (χ4n) is 2.08. The van der Waals surface area contributed by atoms with Crippen molar-refractivity contribution in [1.29, 1.82) is 0 Å². The Labute approximate surface area is 192 Å². The number of phenols is 4. The number of hydrogen-bond donors (Lipinski definition) is 5. The minimum absolute atomic E-state index is 0. The first-order chi connectivity index (χ1) is 12.3. The fraction of sp³-hybridized carbons (Fsp3) is 0.111. The zero-order chi connectivity index (χ0) is 19.3. The molecule has 0 saturated carbocycles. The van der Waals surface area contributed by atoms with Crippen LogP contribution in [0.1, 0.15) is 11.1 Å². The molecular formula is C18H16Mg2O8+4. The van der Waals surface area contributed by atoms with E-state index in [1.54, 1.807) is 0 Å². The van der Waals surface area contributed by atoms with Gasteiger partial charge < -0.3 is 30.3 Å². The van der Waals surface area contributed by atoms with Gasteiger partial charge in [-0.15, -0.1) is 0 Å². The minimum Gasteiger partial charge on any atom is -0.504 e. The average Bonchev–Trinajstić information content (AvgIpc) is 2.58. The summed E-state index contributed by atoms with van der Waals surface area (Å²) in [5.74, 6) is -3.74.